The van der Waals surface area contributed by atoms with Crippen LogP contribution in [-0.2, 0) is 24.3 Å². The Bertz CT molecular complexity index is 1120. The fraction of sp³-hybridized carbons (Fsp3) is 0.567. The number of aromatic nitrogens is 1. The highest BCUT2D eigenvalue weighted by Crippen LogP contribution is 2.36. The highest BCUT2D eigenvalue weighted by atomic mass is 16.2. The number of rotatable bonds is 10. The second-order valence-corrected chi connectivity index (χ2v) is 12.2. The minimum atomic E-state index is -0.644. The maximum atomic E-state index is 13.2. The molecule has 1 aliphatic rings. The van der Waals surface area contributed by atoms with Crippen LogP contribution in [0.5, 0.6) is 0 Å². The van der Waals surface area contributed by atoms with Crippen molar-refractivity contribution in [2.75, 3.05) is 0 Å². The molecule has 0 saturated heterocycles. The Labute approximate surface area is 221 Å². The average molecular weight is 509 g/mol. The molecule has 1 aromatic carbocycles. The minimum absolute atomic E-state index is 0.0503. The minimum Gasteiger partial charge on any atom is -0.354 e. The molecule has 1 unspecified atom stereocenters. The normalized spacial score (nSPS) is 15.7. The molecule has 37 heavy (non-hydrogen) atoms. The first-order valence-corrected chi connectivity index (χ1v) is 13.5. The first-order valence-electron chi connectivity index (χ1n) is 13.5. The Kier molecular flexibility index (Phi) is 9.00. The molecule has 1 atom stereocenters. The van der Waals surface area contributed by atoms with Crippen LogP contribution in [-0.4, -0.2) is 34.2 Å². The van der Waals surface area contributed by atoms with Crippen LogP contribution in [0, 0.1) is 12.3 Å². The maximum absolute atomic E-state index is 13.2. The van der Waals surface area contributed by atoms with Crippen molar-refractivity contribution in [3.05, 3.63) is 57.9 Å². The number of nitrogens with one attached hydrogen (secondary N) is 4. The van der Waals surface area contributed by atoms with Gasteiger partial charge in [0.15, 0.2) is 5.78 Å². The van der Waals surface area contributed by atoms with Gasteiger partial charge in [0.05, 0.1) is 0 Å². The molecular formula is C30H44N4O3. The zero-order valence-corrected chi connectivity index (χ0v) is 23.6. The van der Waals surface area contributed by atoms with E-state index in [1.165, 1.54) is 5.56 Å². The zero-order valence-electron chi connectivity index (χ0n) is 23.6. The van der Waals surface area contributed by atoms with Gasteiger partial charge in [0.25, 0.3) is 5.91 Å². The number of fused-ring (bicyclic) bond motifs is 1. The van der Waals surface area contributed by atoms with Crippen molar-refractivity contribution in [3.63, 3.8) is 0 Å². The molecule has 0 aliphatic heterocycles. The lowest BCUT2D eigenvalue weighted by Crippen LogP contribution is -2.46. The average Bonchev–Trinajstić information content (AvgIpc) is 3.14. The van der Waals surface area contributed by atoms with Crippen molar-refractivity contribution in [2.45, 2.75) is 105 Å². The molecule has 1 aliphatic carbocycles. The summed E-state index contributed by atoms with van der Waals surface area (Å²) in [6, 6.07) is 7.52. The predicted octanol–water partition coefficient (Wildman–Crippen LogP) is 4.97. The van der Waals surface area contributed by atoms with E-state index in [-0.39, 0.29) is 28.6 Å². The quantitative estimate of drug-likeness (QED) is 0.364. The molecule has 0 saturated carbocycles. The molecule has 0 bridgehead atoms. The third kappa shape index (κ3) is 7.78. The molecule has 0 fully saturated rings. The Morgan fingerprint density at radius 1 is 1.05 bits per heavy atom. The van der Waals surface area contributed by atoms with Gasteiger partial charge in [-0.25, -0.2) is 0 Å². The van der Waals surface area contributed by atoms with Gasteiger partial charge in [-0.15, -0.1) is 0 Å². The van der Waals surface area contributed by atoms with Crippen molar-refractivity contribution >= 4 is 17.6 Å². The summed E-state index contributed by atoms with van der Waals surface area (Å²) in [6.45, 7) is 15.6. The lowest BCUT2D eigenvalue weighted by molar-refractivity contribution is -0.123. The van der Waals surface area contributed by atoms with Gasteiger partial charge in [-0.05, 0) is 62.6 Å². The number of H-pyrrole nitrogens is 1. The van der Waals surface area contributed by atoms with Crippen molar-refractivity contribution in [1.82, 2.24) is 20.9 Å². The Hall–Kier alpha value is -2.93. The highest BCUT2D eigenvalue weighted by Gasteiger charge is 2.35. The smallest absolute Gasteiger partial charge is 0.268 e. The number of unbranched alkanes of at least 4 members (excludes halogenated alkanes) is 1. The Morgan fingerprint density at radius 3 is 2.27 bits per heavy atom. The summed E-state index contributed by atoms with van der Waals surface area (Å²) in [7, 11) is 0. The summed E-state index contributed by atoms with van der Waals surface area (Å²) in [5.41, 5.74) is 4.61. The molecule has 7 heteroatoms. The van der Waals surface area contributed by atoms with Crippen molar-refractivity contribution in [3.8, 4) is 0 Å². The summed E-state index contributed by atoms with van der Waals surface area (Å²) in [4.78, 5) is 42.3. The topological polar surface area (TPSA) is 103 Å². The van der Waals surface area contributed by atoms with E-state index in [0.717, 1.165) is 30.6 Å². The van der Waals surface area contributed by atoms with Crippen LogP contribution in [0.2, 0.25) is 0 Å². The lowest BCUT2D eigenvalue weighted by Gasteiger charge is -2.28. The van der Waals surface area contributed by atoms with Crippen molar-refractivity contribution < 1.29 is 14.4 Å². The number of benzene rings is 1. The lowest BCUT2D eigenvalue weighted by atomic mass is 9.75. The van der Waals surface area contributed by atoms with E-state index < -0.39 is 6.04 Å². The largest absolute Gasteiger partial charge is 0.354 e. The number of hydrogen-bond acceptors (Lipinski definition) is 4. The van der Waals surface area contributed by atoms with Gasteiger partial charge in [0, 0.05) is 36.3 Å². The molecule has 2 amide bonds. The van der Waals surface area contributed by atoms with E-state index in [0.29, 0.717) is 42.6 Å². The monoisotopic (exact) mass is 508 g/mol. The second-order valence-electron chi connectivity index (χ2n) is 12.2. The summed E-state index contributed by atoms with van der Waals surface area (Å²) in [5, 5.41) is 9.38. The number of Topliss-reactive ketones (excluding diaryl/α,β-unsaturated/α-hetero) is 1. The number of ketones is 1. The van der Waals surface area contributed by atoms with Crippen LogP contribution in [0.4, 0.5) is 0 Å². The van der Waals surface area contributed by atoms with Gasteiger partial charge >= 0.3 is 0 Å². The van der Waals surface area contributed by atoms with Gasteiger partial charge in [-0.2, -0.15) is 0 Å². The second kappa shape index (κ2) is 11.6. The van der Waals surface area contributed by atoms with Gasteiger partial charge in [-0.3, -0.25) is 14.4 Å². The molecule has 2 aromatic rings. The van der Waals surface area contributed by atoms with E-state index in [9.17, 15) is 14.4 Å². The first-order chi connectivity index (χ1) is 17.3. The zero-order chi connectivity index (χ0) is 27.4. The van der Waals surface area contributed by atoms with Crippen LogP contribution in [0.25, 0.3) is 0 Å². The summed E-state index contributed by atoms with van der Waals surface area (Å²) in [5.74, 6) is -0.476. The van der Waals surface area contributed by atoms with Crippen molar-refractivity contribution in [1.29, 1.82) is 0 Å². The van der Waals surface area contributed by atoms with Crippen LogP contribution >= 0.6 is 0 Å². The molecule has 202 valence electrons. The predicted molar refractivity (Wildman–Crippen MR) is 148 cm³/mol. The van der Waals surface area contributed by atoms with Crippen LogP contribution in [0.3, 0.4) is 0 Å². The number of hydrogen-bond donors (Lipinski definition) is 4. The summed E-state index contributed by atoms with van der Waals surface area (Å²) >= 11 is 0. The summed E-state index contributed by atoms with van der Waals surface area (Å²) in [6.07, 6.45) is 3.48. The number of carbonyl (C=O) groups is 3. The molecule has 0 radical (unpaired) electrons. The SMILES string of the molecule is CCCCC(NC(=O)c1[nH]c2c(c1C)C(=O)CC(C)(C)C2)C(=O)NCc1ccc(CNC(C)(C)C)cc1. The van der Waals surface area contributed by atoms with Crippen LogP contribution < -0.4 is 16.0 Å². The van der Waals surface area contributed by atoms with Gasteiger partial charge in [0.1, 0.15) is 11.7 Å². The third-order valence-corrected chi connectivity index (χ3v) is 6.91. The van der Waals surface area contributed by atoms with Crippen LogP contribution in [0.1, 0.15) is 110 Å². The van der Waals surface area contributed by atoms with Gasteiger partial charge in [0.2, 0.25) is 5.91 Å². The molecule has 1 aromatic heterocycles. The maximum Gasteiger partial charge on any atom is 0.268 e. The number of aromatic amines is 1. The van der Waals surface area contributed by atoms with E-state index in [1.54, 1.807) is 0 Å². The standard InChI is InChI=1S/C30H44N4O3/c1-8-9-10-22(27(36)31-17-20-11-13-21(14-12-20)18-32-29(3,4)5)34-28(37)26-19(2)25-23(33-26)15-30(6,7)16-24(25)35/h11-14,22,32-33H,8-10,15-18H2,1-7H3,(H,31,36)(H,34,37). The van der Waals surface area contributed by atoms with E-state index in [1.807, 2.05) is 19.1 Å². The van der Waals surface area contributed by atoms with E-state index in [2.05, 4.69) is 74.6 Å². The molecule has 1 heterocycles. The molecule has 0 spiro atoms. The molecule has 7 nitrogen and oxygen atoms in total. The number of amides is 2. The highest BCUT2D eigenvalue weighted by molar-refractivity contribution is 6.05. The Balaban J connectivity index is 1.64. The molecule has 3 rings (SSSR count). The van der Waals surface area contributed by atoms with Gasteiger partial charge in [-0.1, -0.05) is 57.9 Å². The third-order valence-electron chi connectivity index (χ3n) is 6.91. The van der Waals surface area contributed by atoms with Crippen LogP contribution in [0.15, 0.2) is 24.3 Å². The summed E-state index contributed by atoms with van der Waals surface area (Å²) < 4.78 is 0. The molecular weight excluding hydrogens is 464 g/mol. The number of carbonyl (C=O) groups excluding carboxylic acids is 3. The van der Waals surface area contributed by atoms with Gasteiger partial charge < -0.3 is 20.9 Å². The molecule has 4 N–H and O–H groups in total. The van der Waals surface area contributed by atoms with Crippen molar-refractivity contribution in [2.24, 2.45) is 5.41 Å². The Morgan fingerprint density at radius 2 is 1.68 bits per heavy atom. The van der Waals surface area contributed by atoms with E-state index in [4.69, 9.17) is 0 Å². The van der Waals surface area contributed by atoms with E-state index >= 15 is 0 Å². The fourth-order valence-electron chi connectivity index (χ4n) is 4.82. The fourth-order valence-corrected chi connectivity index (χ4v) is 4.82. The first kappa shape index (κ1) is 28.6.